The number of carbonyl (C=O) groups is 1. The number of rotatable bonds is 4. The molecule has 3 rings (SSSR count). The predicted molar refractivity (Wildman–Crippen MR) is 90.2 cm³/mol. The number of aromatic nitrogens is 2. The fourth-order valence-corrected chi connectivity index (χ4v) is 3.40. The molecule has 1 atom stereocenters. The summed E-state index contributed by atoms with van der Waals surface area (Å²) in [6.45, 7) is 10.3. The molecule has 2 aliphatic rings. The predicted octanol–water partition coefficient (Wildman–Crippen LogP) is 2.37. The lowest BCUT2D eigenvalue weighted by Crippen LogP contribution is -2.46. The van der Waals surface area contributed by atoms with Gasteiger partial charge in [0, 0.05) is 38.4 Å². The SMILES string of the molecule is Cc1cnc(C(=O)N2CCCN(CC3CC3)C(C(C)C)C2)cn1. The molecule has 2 fully saturated rings. The van der Waals surface area contributed by atoms with E-state index in [1.54, 1.807) is 12.4 Å². The Morgan fingerprint density at radius 2 is 2.04 bits per heavy atom. The van der Waals surface area contributed by atoms with Crippen molar-refractivity contribution < 1.29 is 4.79 Å². The number of hydrogen-bond acceptors (Lipinski definition) is 4. The van der Waals surface area contributed by atoms with E-state index in [2.05, 4.69) is 28.7 Å². The zero-order valence-electron chi connectivity index (χ0n) is 14.5. The van der Waals surface area contributed by atoms with Crippen molar-refractivity contribution in [2.75, 3.05) is 26.2 Å². The maximum Gasteiger partial charge on any atom is 0.274 e. The standard InChI is InChI=1S/C18H28N4O/c1-13(2)17-12-22(8-4-7-21(17)11-15-5-6-15)18(23)16-10-19-14(3)9-20-16/h9-10,13,15,17H,4-8,11-12H2,1-3H3. The molecular formula is C18H28N4O. The molecule has 1 aliphatic carbocycles. The highest BCUT2D eigenvalue weighted by Gasteiger charge is 2.33. The minimum absolute atomic E-state index is 0.0245. The van der Waals surface area contributed by atoms with Gasteiger partial charge in [-0.05, 0) is 38.0 Å². The summed E-state index contributed by atoms with van der Waals surface area (Å²) in [4.78, 5) is 25.9. The molecule has 1 aromatic rings. The van der Waals surface area contributed by atoms with E-state index in [9.17, 15) is 4.79 Å². The van der Waals surface area contributed by atoms with Crippen molar-refractivity contribution in [3.8, 4) is 0 Å². The quantitative estimate of drug-likeness (QED) is 0.856. The Bertz CT molecular complexity index is 538. The van der Waals surface area contributed by atoms with Gasteiger partial charge in [-0.15, -0.1) is 0 Å². The Kier molecular flexibility index (Phi) is 4.95. The van der Waals surface area contributed by atoms with Gasteiger partial charge in [-0.2, -0.15) is 0 Å². The van der Waals surface area contributed by atoms with Gasteiger partial charge in [0.2, 0.25) is 0 Å². The van der Waals surface area contributed by atoms with Crippen LogP contribution in [0.3, 0.4) is 0 Å². The van der Waals surface area contributed by atoms with Crippen LogP contribution in [0.15, 0.2) is 12.4 Å². The van der Waals surface area contributed by atoms with Crippen molar-refractivity contribution in [1.29, 1.82) is 0 Å². The topological polar surface area (TPSA) is 49.3 Å². The fraction of sp³-hybridized carbons (Fsp3) is 0.722. The lowest BCUT2D eigenvalue weighted by Gasteiger charge is -2.34. The Balaban J connectivity index is 1.72. The van der Waals surface area contributed by atoms with Crippen molar-refractivity contribution in [2.24, 2.45) is 11.8 Å². The third kappa shape index (κ3) is 4.08. The maximum absolute atomic E-state index is 12.8. The molecule has 23 heavy (non-hydrogen) atoms. The van der Waals surface area contributed by atoms with Crippen LogP contribution in [0.1, 0.15) is 49.3 Å². The van der Waals surface area contributed by atoms with Gasteiger partial charge in [0.1, 0.15) is 5.69 Å². The van der Waals surface area contributed by atoms with E-state index in [4.69, 9.17) is 0 Å². The second-order valence-electron chi connectivity index (χ2n) is 7.40. The molecule has 2 heterocycles. The first kappa shape index (κ1) is 16.4. The van der Waals surface area contributed by atoms with Crippen molar-refractivity contribution in [1.82, 2.24) is 19.8 Å². The zero-order valence-corrected chi connectivity index (χ0v) is 14.5. The molecule has 5 nitrogen and oxygen atoms in total. The van der Waals surface area contributed by atoms with Gasteiger partial charge in [-0.1, -0.05) is 13.8 Å². The number of hydrogen-bond donors (Lipinski definition) is 0. The van der Waals surface area contributed by atoms with E-state index in [-0.39, 0.29) is 5.91 Å². The first-order chi connectivity index (χ1) is 11.0. The van der Waals surface area contributed by atoms with E-state index in [0.29, 0.717) is 17.7 Å². The Morgan fingerprint density at radius 3 is 2.65 bits per heavy atom. The van der Waals surface area contributed by atoms with Gasteiger partial charge in [0.15, 0.2) is 0 Å². The summed E-state index contributed by atoms with van der Waals surface area (Å²) >= 11 is 0. The Labute approximate surface area is 139 Å². The molecular weight excluding hydrogens is 288 g/mol. The third-order valence-electron chi connectivity index (χ3n) is 5.00. The van der Waals surface area contributed by atoms with E-state index in [1.165, 1.54) is 19.4 Å². The molecule has 0 N–H and O–H groups in total. The second-order valence-corrected chi connectivity index (χ2v) is 7.40. The zero-order chi connectivity index (χ0) is 16.4. The van der Waals surface area contributed by atoms with Crippen molar-refractivity contribution in [3.63, 3.8) is 0 Å². The Morgan fingerprint density at radius 1 is 1.26 bits per heavy atom. The molecule has 1 amide bonds. The normalized spacial score (nSPS) is 23.1. The minimum Gasteiger partial charge on any atom is -0.336 e. The van der Waals surface area contributed by atoms with Gasteiger partial charge in [-0.25, -0.2) is 4.98 Å². The Hall–Kier alpha value is -1.49. The highest BCUT2D eigenvalue weighted by atomic mass is 16.2. The summed E-state index contributed by atoms with van der Waals surface area (Å²) in [5, 5.41) is 0. The van der Waals surface area contributed by atoms with E-state index >= 15 is 0 Å². The second kappa shape index (κ2) is 6.95. The van der Waals surface area contributed by atoms with Crippen LogP contribution in [0.4, 0.5) is 0 Å². The molecule has 0 aromatic carbocycles. The molecule has 0 radical (unpaired) electrons. The van der Waals surface area contributed by atoms with Gasteiger partial charge >= 0.3 is 0 Å². The molecule has 0 bridgehead atoms. The molecule has 126 valence electrons. The van der Waals surface area contributed by atoms with Crippen LogP contribution < -0.4 is 0 Å². The van der Waals surface area contributed by atoms with Crippen LogP contribution in [0, 0.1) is 18.8 Å². The molecule has 1 aliphatic heterocycles. The monoisotopic (exact) mass is 316 g/mol. The van der Waals surface area contributed by atoms with Crippen LogP contribution in [0.25, 0.3) is 0 Å². The van der Waals surface area contributed by atoms with Gasteiger partial charge in [0.25, 0.3) is 5.91 Å². The van der Waals surface area contributed by atoms with Crippen LogP contribution in [-0.4, -0.2) is 57.9 Å². The third-order valence-corrected chi connectivity index (χ3v) is 5.00. The van der Waals surface area contributed by atoms with Crippen molar-refractivity contribution in [2.45, 2.75) is 46.1 Å². The lowest BCUT2D eigenvalue weighted by atomic mass is 10.0. The molecule has 1 unspecified atom stereocenters. The van der Waals surface area contributed by atoms with E-state index < -0.39 is 0 Å². The number of amides is 1. The average Bonchev–Trinajstić information content (AvgIpc) is 3.34. The summed E-state index contributed by atoms with van der Waals surface area (Å²) in [6, 6.07) is 0.445. The van der Waals surface area contributed by atoms with Gasteiger partial charge < -0.3 is 4.90 Å². The largest absolute Gasteiger partial charge is 0.336 e. The van der Waals surface area contributed by atoms with Gasteiger partial charge in [-0.3, -0.25) is 14.7 Å². The first-order valence-corrected chi connectivity index (χ1v) is 8.86. The molecule has 1 saturated heterocycles. The maximum atomic E-state index is 12.8. The molecule has 0 spiro atoms. The summed E-state index contributed by atoms with van der Waals surface area (Å²) in [7, 11) is 0. The fourth-order valence-electron chi connectivity index (χ4n) is 3.40. The lowest BCUT2D eigenvalue weighted by molar-refractivity contribution is 0.0698. The van der Waals surface area contributed by atoms with Crippen LogP contribution in [0.2, 0.25) is 0 Å². The summed E-state index contributed by atoms with van der Waals surface area (Å²) < 4.78 is 0. The molecule has 1 saturated carbocycles. The number of carbonyl (C=O) groups excluding carboxylic acids is 1. The minimum atomic E-state index is 0.0245. The average molecular weight is 316 g/mol. The smallest absolute Gasteiger partial charge is 0.274 e. The van der Waals surface area contributed by atoms with Crippen LogP contribution in [-0.2, 0) is 0 Å². The van der Waals surface area contributed by atoms with Crippen LogP contribution in [0.5, 0.6) is 0 Å². The highest BCUT2D eigenvalue weighted by Crippen LogP contribution is 2.32. The summed E-state index contributed by atoms with van der Waals surface area (Å²) in [5.74, 6) is 1.46. The van der Waals surface area contributed by atoms with E-state index in [0.717, 1.165) is 37.7 Å². The molecule has 5 heteroatoms. The van der Waals surface area contributed by atoms with Crippen molar-refractivity contribution >= 4 is 5.91 Å². The summed E-state index contributed by atoms with van der Waals surface area (Å²) in [6.07, 6.45) is 7.08. The first-order valence-electron chi connectivity index (χ1n) is 8.86. The van der Waals surface area contributed by atoms with Gasteiger partial charge in [0.05, 0.1) is 11.9 Å². The number of nitrogens with zero attached hydrogens (tertiary/aromatic N) is 4. The number of aryl methyl sites for hydroxylation is 1. The van der Waals surface area contributed by atoms with Crippen LogP contribution >= 0.6 is 0 Å². The molecule has 1 aromatic heterocycles. The van der Waals surface area contributed by atoms with Crippen molar-refractivity contribution in [3.05, 3.63) is 23.8 Å². The van der Waals surface area contributed by atoms with E-state index in [1.807, 2.05) is 11.8 Å². The summed E-state index contributed by atoms with van der Waals surface area (Å²) in [5.41, 5.74) is 1.31. The highest BCUT2D eigenvalue weighted by molar-refractivity contribution is 5.92.